The summed E-state index contributed by atoms with van der Waals surface area (Å²) in [6, 6.07) is 17.2. The van der Waals surface area contributed by atoms with Crippen LogP contribution in [0.25, 0.3) is 0 Å². The van der Waals surface area contributed by atoms with Gasteiger partial charge in [-0.2, -0.15) is 0 Å². The number of carbonyl (C=O) groups is 2. The lowest BCUT2D eigenvalue weighted by Crippen LogP contribution is -2.38. The molecule has 0 heterocycles. The van der Waals surface area contributed by atoms with Gasteiger partial charge in [0.05, 0.1) is 22.8 Å². The highest BCUT2D eigenvalue weighted by atomic mass is 32.2. The molecule has 1 amide bonds. The maximum absolute atomic E-state index is 13.3. The summed E-state index contributed by atoms with van der Waals surface area (Å²) in [6.45, 7) is 3.15. The number of rotatable bonds is 8. The van der Waals surface area contributed by atoms with E-state index in [4.69, 9.17) is 4.74 Å². The van der Waals surface area contributed by atoms with Crippen molar-refractivity contribution in [3.05, 3.63) is 89.7 Å². The highest BCUT2D eigenvalue weighted by molar-refractivity contribution is 7.92. The van der Waals surface area contributed by atoms with Gasteiger partial charge >= 0.3 is 5.97 Å². The molecule has 0 radical (unpaired) electrons. The van der Waals surface area contributed by atoms with Crippen LogP contribution >= 0.6 is 0 Å². The number of amides is 1. The SMILES string of the molecule is CCOC(=O)c1ccc(NC(=O)CN(c2ccccc2)S(=O)(=O)c2ccc(F)cc2)c(C)c1. The maximum Gasteiger partial charge on any atom is 0.338 e. The van der Waals surface area contributed by atoms with E-state index < -0.39 is 34.3 Å². The quantitative estimate of drug-likeness (QED) is 0.500. The first-order chi connectivity index (χ1) is 15.7. The van der Waals surface area contributed by atoms with E-state index in [9.17, 15) is 22.4 Å². The fourth-order valence-electron chi connectivity index (χ4n) is 3.11. The maximum atomic E-state index is 13.3. The number of hydrogen-bond donors (Lipinski definition) is 1. The van der Waals surface area contributed by atoms with Gasteiger partial charge in [0, 0.05) is 5.69 Å². The van der Waals surface area contributed by atoms with E-state index >= 15 is 0 Å². The average molecular weight is 471 g/mol. The van der Waals surface area contributed by atoms with Crippen LogP contribution in [0.5, 0.6) is 0 Å². The number of sulfonamides is 1. The van der Waals surface area contributed by atoms with Crippen LogP contribution in [0.15, 0.2) is 77.7 Å². The monoisotopic (exact) mass is 470 g/mol. The van der Waals surface area contributed by atoms with Crippen LogP contribution in [0.2, 0.25) is 0 Å². The highest BCUT2D eigenvalue weighted by Crippen LogP contribution is 2.24. The summed E-state index contributed by atoms with van der Waals surface area (Å²) in [5, 5.41) is 2.68. The van der Waals surface area contributed by atoms with Gasteiger partial charge in [0.25, 0.3) is 10.0 Å². The van der Waals surface area contributed by atoms with Gasteiger partial charge in [0.1, 0.15) is 12.4 Å². The smallest absolute Gasteiger partial charge is 0.338 e. The zero-order valence-corrected chi connectivity index (χ0v) is 18.9. The minimum Gasteiger partial charge on any atom is -0.462 e. The molecule has 3 aromatic carbocycles. The van der Waals surface area contributed by atoms with Gasteiger partial charge in [-0.25, -0.2) is 17.6 Å². The van der Waals surface area contributed by atoms with Gasteiger partial charge in [-0.3, -0.25) is 9.10 Å². The Labute approximate surface area is 191 Å². The Bertz CT molecular complexity index is 1250. The van der Waals surface area contributed by atoms with E-state index in [1.807, 2.05) is 0 Å². The lowest BCUT2D eigenvalue weighted by molar-refractivity contribution is -0.114. The summed E-state index contributed by atoms with van der Waals surface area (Å²) in [6.07, 6.45) is 0. The number of para-hydroxylation sites is 1. The predicted molar refractivity (Wildman–Crippen MR) is 123 cm³/mol. The minimum absolute atomic E-state index is 0.143. The topological polar surface area (TPSA) is 92.8 Å². The molecule has 0 aliphatic carbocycles. The van der Waals surface area contributed by atoms with E-state index in [1.165, 1.54) is 6.07 Å². The second-order valence-corrected chi connectivity index (χ2v) is 8.96. The third kappa shape index (κ3) is 5.75. The molecule has 0 bridgehead atoms. The molecule has 3 aromatic rings. The van der Waals surface area contributed by atoms with Crippen molar-refractivity contribution in [3.8, 4) is 0 Å². The van der Waals surface area contributed by atoms with E-state index in [2.05, 4.69) is 5.32 Å². The van der Waals surface area contributed by atoms with E-state index in [0.717, 1.165) is 28.6 Å². The van der Waals surface area contributed by atoms with Crippen molar-refractivity contribution in [1.82, 2.24) is 0 Å². The number of aryl methyl sites for hydroxylation is 1. The zero-order valence-electron chi connectivity index (χ0n) is 18.1. The van der Waals surface area contributed by atoms with Crippen LogP contribution in [0.3, 0.4) is 0 Å². The summed E-state index contributed by atoms with van der Waals surface area (Å²) < 4.78 is 45.7. The van der Waals surface area contributed by atoms with Crippen molar-refractivity contribution in [3.63, 3.8) is 0 Å². The molecule has 0 aliphatic heterocycles. The van der Waals surface area contributed by atoms with Crippen molar-refractivity contribution >= 4 is 33.3 Å². The molecule has 7 nitrogen and oxygen atoms in total. The normalized spacial score (nSPS) is 11.0. The minimum atomic E-state index is -4.15. The second kappa shape index (κ2) is 10.3. The predicted octanol–water partition coefficient (Wildman–Crippen LogP) is 4.14. The molecule has 1 N–H and O–H groups in total. The Balaban J connectivity index is 1.86. The van der Waals surface area contributed by atoms with Crippen molar-refractivity contribution in [1.29, 1.82) is 0 Å². The zero-order chi connectivity index (χ0) is 24.0. The first-order valence-electron chi connectivity index (χ1n) is 10.1. The molecule has 9 heteroatoms. The van der Waals surface area contributed by atoms with E-state index in [1.54, 1.807) is 56.3 Å². The van der Waals surface area contributed by atoms with Crippen LogP contribution in [0.4, 0.5) is 15.8 Å². The number of ether oxygens (including phenoxy) is 1. The summed E-state index contributed by atoms with van der Waals surface area (Å²) in [5.74, 6) is -1.63. The van der Waals surface area contributed by atoms with Gasteiger partial charge in [-0.15, -0.1) is 0 Å². The molecule has 0 unspecified atom stereocenters. The van der Waals surface area contributed by atoms with Gasteiger partial charge < -0.3 is 10.1 Å². The molecule has 172 valence electrons. The fraction of sp³-hybridized carbons (Fsp3) is 0.167. The Morgan fingerprint density at radius 2 is 1.67 bits per heavy atom. The Kier molecular flexibility index (Phi) is 7.44. The molecule has 0 saturated carbocycles. The molecule has 33 heavy (non-hydrogen) atoms. The van der Waals surface area contributed by atoms with Crippen molar-refractivity contribution in [2.24, 2.45) is 0 Å². The van der Waals surface area contributed by atoms with Crippen LogP contribution in [-0.4, -0.2) is 33.4 Å². The number of halogens is 1. The standard InChI is InChI=1S/C24H23FN2O5S/c1-3-32-24(29)18-9-14-22(17(2)15-18)26-23(28)16-27(20-7-5-4-6-8-20)33(30,31)21-12-10-19(25)11-13-21/h4-15H,3,16H2,1-2H3,(H,26,28). The van der Waals surface area contributed by atoms with Gasteiger partial charge in [0.2, 0.25) is 5.91 Å². The van der Waals surface area contributed by atoms with Crippen LogP contribution in [0, 0.1) is 12.7 Å². The Morgan fingerprint density at radius 1 is 1.00 bits per heavy atom. The number of nitrogens with zero attached hydrogens (tertiary/aromatic N) is 1. The molecule has 3 rings (SSSR count). The molecule has 0 saturated heterocycles. The number of esters is 1. The molecule has 0 aromatic heterocycles. The Morgan fingerprint density at radius 3 is 2.27 bits per heavy atom. The number of nitrogens with one attached hydrogen (secondary N) is 1. The molecule has 0 spiro atoms. The molecular weight excluding hydrogens is 447 g/mol. The number of hydrogen-bond acceptors (Lipinski definition) is 5. The molecule has 0 fully saturated rings. The Hall–Kier alpha value is -3.72. The highest BCUT2D eigenvalue weighted by Gasteiger charge is 2.27. The van der Waals surface area contributed by atoms with Crippen LogP contribution in [-0.2, 0) is 19.6 Å². The van der Waals surface area contributed by atoms with Crippen molar-refractivity contribution in [2.75, 3.05) is 22.8 Å². The fourth-order valence-corrected chi connectivity index (χ4v) is 4.53. The number of benzene rings is 3. The van der Waals surface area contributed by atoms with Gasteiger partial charge in [-0.05, 0) is 74.0 Å². The summed E-state index contributed by atoms with van der Waals surface area (Å²) in [7, 11) is -4.15. The number of carbonyl (C=O) groups excluding carboxylic acids is 2. The summed E-state index contributed by atoms with van der Waals surface area (Å²) >= 11 is 0. The number of anilines is 2. The average Bonchev–Trinajstić information content (AvgIpc) is 2.79. The van der Waals surface area contributed by atoms with E-state index in [-0.39, 0.29) is 17.2 Å². The summed E-state index contributed by atoms with van der Waals surface area (Å²) in [5.41, 5.74) is 1.67. The second-order valence-electron chi connectivity index (χ2n) is 7.10. The molecule has 0 aliphatic rings. The van der Waals surface area contributed by atoms with Crippen LogP contribution in [0.1, 0.15) is 22.8 Å². The first kappa shape index (κ1) is 23.9. The third-order valence-corrected chi connectivity index (χ3v) is 6.53. The lowest BCUT2D eigenvalue weighted by atomic mass is 10.1. The van der Waals surface area contributed by atoms with Crippen molar-refractivity contribution < 1.29 is 27.1 Å². The molecular formula is C24H23FN2O5S. The lowest BCUT2D eigenvalue weighted by Gasteiger charge is -2.24. The van der Waals surface area contributed by atoms with Crippen LogP contribution < -0.4 is 9.62 Å². The first-order valence-corrected chi connectivity index (χ1v) is 11.6. The largest absolute Gasteiger partial charge is 0.462 e. The molecule has 0 atom stereocenters. The summed E-state index contributed by atoms with van der Waals surface area (Å²) in [4.78, 5) is 24.6. The van der Waals surface area contributed by atoms with E-state index in [0.29, 0.717) is 16.8 Å². The van der Waals surface area contributed by atoms with Gasteiger partial charge in [0.15, 0.2) is 0 Å². The van der Waals surface area contributed by atoms with Gasteiger partial charge in [-0.1, -0.05) is 18.2 Å². The van der Waals surface area contributed by atoms with Crippen molar-refractivity contribution in [2.45, 2.75) is 18.7 Å². The third-order valence-electron chi connectivity index (χ3n) is 4.74.